The number of carbonyl (C=O) groups excluding carboxylic acids is 1. The Bertz CT molecular complexity index is 292. The minimum Gasteiger partial charge on any atom is -0.468 e. The second kappa shape index (κ2) is 7.25. The predicted octanol–water partition coefficient (Wildman–Crippen LogP) is 2.04. The molecule has 0 aromatic carbocycles. The largest absolute Gasteiger partial charge is 0.468 e. The number of esters is 1. The first-order valence-electron chi connectivity index (χ1n) is 7.49. The number of likely N-dealkylation sites (tertiary alicyclic amines) is 1. The zero-order chi connectivity index (χ0) is 14.5. The molecule has 1 unspecified atom stereocenters. The summed E-state index contributed by atoms with van der Waals surface area (Å²) in [6, 6.07) is 0.540. The first-order chi connectivity index (χ1) is 8.91. The Hall–Kier alpha value is -0.610. The van der Waals surface area contributed by atoms with Gasteiger partial charge in [-0.1, -0.05) is 13.8 Å². The quantitative estimate of drug-likeness (QED) is 0.776. The zero-order valence-corrected chi connectivity index (χ0v) is 13.2. The number of ether oxygens (including phenoxy) is 1. The first-order valence-corrected chi connectivity index (χ1v) is 7.49. The summed E-state index contributed by atoms with van der Waals surface area (Å²) in [6.07, 6.45) is 2.75. The van der Waals surface area contributed by atoms with Crippen molar-refractivity contribution < 1.29 is 9.53 Å². The van der Waals surface area contributed by atoms with Crippen molar-refractivity contribution >= 4 is 5.97 Å². The summed E-state index contributed by atoms with van der Waals surface area (Å²) >= 11 is 0. The van der Waals surface area contributed by atoms with E-state index in [2.05, 4.69) is 37.9 Å². The molecule has 0 bridgehead atoms. The molecule has 0 aromatic rings. The van der Waals surface area contributed by atoms with Crippen molar-refractivity contribution in [1.82, 2.24) is 10.2 Å². The molecule has 112 valence electrons. The van der Waals surface area contributed by atoms with Crippen molar-refractivity contribution in [2.75, 3.05) is 26.7 Å². The lowest BCUT2D eigenvalue weighted by Gasteiger charge is -2.32. The molecular weight excluding hydrogens is 240 g/mol. The molecule has 1 saturated heterocycles. The fourth-order valence-electron chi connectivity index (χ4n) is 2.72. The fraction of sp³-hybridized carbons (Fsp3) is 0.933. The van der Waals surface area contributed by atoms with E-state index >= 15 is 0 Å². The van der Waals surface area contributed by atoms with E-state index in [1.807, 2.05) is 0 Å². The Labute approximate surface area is 117 Å². The topological polar surface area (TPSA) is 41.6 Å². The van der Waals surface area contributed by atoms with E-state index < -0.39 is 5.54 Å². The van der Waals surface area contributed by atoms with Gasteiger partial charge in [0.05, 0.1) is 7.11 Å². The minimum absolute atomic E-state index is 0.0984. The van der Waals surface area contributed by atoms with Crippen LogP contribution in [0.4, 0.5) is 0 Å². The standard InChI is InChI=1S/C15H30N2O2/c1-12(2)11-16-15(14(18)19-5)7-6-9-17(10-8-15)13(3)4/h12-13,16H,6-11H2,1-5H3. The maximum absolute atomic E-state index is 12.2. The van der Waals surface area contributed by atoms with Crippen LogP contribution in [0, 0.1) is 5.92 Å². The van der Waals surface area contributed by atoms with Gasteiger partial charge < -0.3 is 15.0 Å². The van der Waals surface area contributed by atoms with Crippen molar-refractivity contribution in [2.24, 2.45) is 5.92 Å². The van der Waals surface area contributed by atoms with Crippen molar-refractivity contribution in [3.05, 3.63) is 0 Å². The Balaban J connectivity index is 2.77. The molecule has 19 heavy (non-hydrogen) atoms. The van der Waals surface area contributed by atoms with Crippen LogP contribution in [-0.2, 0) is 9.53 Å². The Kier molecular flexibility index (Phi) is 6.27. The van der Waals surface area contributed by atoms with Gasteiger partial charge in [0.15, 0.2) is 0 Å². The molecule has 0 aromatic heterocycles. The lowest BCUT2D eigenvalue weighted by Crippen LogP contribution is -2.54. The number of rotatable bonds is 5. The summed E-state index contributed by atoms with van der Waals surface area (Å²) in [5.41, 5.74) is -0.483. The number of methoxy groups -OCH3 is 1. The van der Waals surface area contributed by atoms with Crippen LogP contribution in [0.15, 0.2) is 0 Å². The number of nitrogens with one attached hydrogen (secondary N) is 1. The first kappa shape index (κ1) is 16.4. The van der Waals surface area contributed by atoms with Crippen LogP contribution in [0.25, 0.3) is 0 Å². The SMILES string of the molecule is COC(=O)C1(NCC(C)C)CCCN(C(C)C)CC1. The molecule has 1 atom stereocenters. The average molecular weight is 270 g/mol. The number of carbonyl (C=O) groups is 1. The van der Waals surface area contributed by atoms with Gasteiger partial charge in [0, 0.05) is 12.6 Å². The summed E-state index contributed by atoms with van der Waals surface area (Å²) in [6.45, 7) is 11.6. The van der Waals surface area contributed by atoms with Crippen molar-refractivity contribution in [3.8, 4) is 0 Å². The summed E-state index contributed by atoms with van der Waals surface area (Å²) in [7, 11) is 1.49. The molecule has 0 amide bonds. The van der Waals surface area contributed by atoms with Crippen LogP contribution < -0.4 is 5.32 Å². The Morgan fingerprint density at radius 2 is 1.95 bits per heavy atom. The van der Waals surface area contributed by atoms with E-state index in [1.165, 1.54) is 7.11 Å². The van der Waals surface area contributed by atoms with Crippen LogP contribution in [0.2, 0.25) is 0 Å². The number of nitrogens with zero attached hydrogens (tertiary/aromatic N) is 1. The summed E-state index contributed by atoms with van der Waals surface area (Å²) < 4.78 is 5.06. The third-order valence-electron chi connectivity index (χ3n) is 4.03. The molecule has 4 nitrogen and oxygen atoms in total. The van der Waals surface area contributed by atoms with Gasteiger partial charge in [-0.05, 0) is 52.1 Å². The van der Waals surface area contributed by atoms with E-state index in [1.54, 1.807) is 0 Å². The lowest BCUT2D eigenvalue weighted by atomic mass is 9.90. The Morgan fingerprint density at radius 1 is 1.26 bits per heavy atom. The highest BCUT2D eigenvalue weighted by atomic mass is 16.5. The zero-order valence-electron chi connectivity index (χ0n) is 13.2. The molecule has 0 spiro atoms. The normalized spacial score (nSPS) is 25.6. The van der Waals surface area contributed by atoms with Gasteiger partial charge in [0.25, 0.3) is 0 Å². The van der Waals surface area contributed by atoms with Gasteiger partial charge in [0.1, 0.15) is 5.54 Å². The summed E-state index contributed by atoms with van der Waals surface area (Å²) in [4.78, 5) is 14.7. The second-order valence-corrected chi connectivity index (χ2v) is 6.33. The van der Waals surface area contributed by atoms with Crippen molar-refractivity contribution in [3.63, 3.8) is 0 Å². The smallest absolute Gasteiger partial charge is 0.326 e. The Morgan fingerprint density at radius 3 is 2.47 bits per heavy atom. The third kappa shape index (κ3) is 4.46. The van der Waals surface area contributed by atoms with Gasteiger partial charge >= 0.3 is 5.97 Å². The lowest BCUT2D eigenvalue weighted by molar-refractivity contribution is -0.149. The molecule has 1 aliphatic rings. The van der Waals surface area contributed by atoms with Crippen LogP contribution in [0.5, 0.6) is 0 Å². The van der Waals surface area contributed by atoms with Gasteiger partial charge in [-0.15, -0.1) is 0 Å². The molecule has 1 aliphatic heterocycles. The average Bonchev–Trinajstić information content (AvgIpc) is 2.59. The maximum atomic E-state index is 12.2. The van der Waals surface area contributed by atoms with E-state index in [0.29, 0.717) is 12.0 Å². The third-order valence-corrected chi connectivity index (χ3v) is 4.03. The van der Waals surface area contributed by atoms with E-state index in [9.17, 15) is 4.79 Å². The molecule has 1 heterocycles. The highest BCUT2D eigenvalue weighted by Gasteiger charge is 2.40. The highest BCUT2D eigenvalue weighted by molar-refractivity contribution is 5.80. The van der Waals surface area contributed by atoms with Crippen molar-refractivity contribution in [2.45, 2.75) is 58.5 Å². The molecule has 1 fully saturated rings. The second-order valence-electron chi connectivity index (χ2n) is 6.33. The molecule has 0 saturated carbocycles. The van der Waals surface area contributed by atoms with Crippen LogP contribution in [-0.4, -0.2) is 49.2 Å². The van der Waals surface area contributed by atoms with E-state index in [0.717, 1.165) is 38.9 Å². The minimum atomic E-state index is -0.483. The maximum Gasteiger partial charge on any atom is 0.326 e. The molecule has 0 radical (unpaired) electrons. The van der Waals surface area contributed by atoms with Crippen LogP contribution in [0.3, 0.4) is 0 Å². The molecule has 0 aliphatic carbocycles. The fourth-order valence-corrected chi connectivity index (χ4v) is 2.72. The predicted molar refractivity (Wildman–Crippen MR) is 78.1 cm³/mol. The number of hydrogen-bond acceptors (Lipinski definition) is 4. The van der Waals surface area contributed by atoms with Crippen LogP contribution >= 0.6 is 0 Å². The van der Waals surface area contributed by atoms with Gasteiger partial charge in [0.2, 0.25) is 0 Å². The highest BCUT2D eigenvalue weighted by Crippen LogP contribution is 2.25. The molecular formula is C15H30N2O2. The monoisotopic (exact) mass is 270 g/mol. The van der Waals surface area contributed by atoms with E-state index in [4.69, 9.17) is 4.74 Å². The van der Waals surface area contributed by atoms with Gasteiger partial charge in [-0.25, -0.2) is 0 Å². The van der Waals surface area contributed by atoms with Gasteiger partial charge in [-0.2, -0.15) is 0 Å². The summed E-state index contributed by atoms with van der Waals surface area (Å²) in [5, 5.41) is 3.48. The molecule has 1 rings (SSSR count). The molecule has 1 N–H and O–H groups in total. The number of hydrogen-bond donors (Lipinski definition) is 1. The van der Waals surface area contributed by atoms with E-state index in [-0.39, 0.29) is 5.97 Å². The molecule has 4 heteroatoms. The van der Waals surface area contributed by atoms with Crippen molar-refractivity contribution in [1.29, 1.82) is 0 Å². The van der Waals surface area contributed by atoms with Crippen LogP contribution in [0.1, 0.15) is 47.0 Å². The summed E-state index contributed by atoms with van der Waals surface area (Å²) in [5.74, 6) is 0.435. The van der Waals surface area contributed by atoms with Gasteiger partial charge in [-0.3, -0.25) is 4.79 Å².